The number of H-pyrrole nitrogens is 1. The van der Waals surface area contributed by atoms with E-state index in [2.05, 4.69) is 73.2 Å². The average molecular weight is 407 g/mol. The lowest BCUT2D eigenvalue weighted by Gasteiger charge is -2.12. The van der Waals surface area contributed by atoms with Crippen molar-refractivity contribution in [2.45, 2.75) is 20.4 Å². The average Bonchev–Trinajstić information content (AvgIpc) is 3.33. The third-order valence-corrected chi connectivity index (χ3v) is 5.30. The second-order valence-electron chi connectivity index (χ2n) is 7.48. The predicted molar refractivity (Wildman–Crippen MR) is 121 cm³/mol. The molecule has 0 fully saturated rings. The molecule has 0 bridgehead atoms. The second kappa shape index (κ2) is 7.95. The molecule has 7 heteroatoms. The predicted octanol–water partition coefficient (Wildman–Crippen LogP) is 4.71. The number of aromatic amines is 1. The molecule has 3 aromatic heterocycles. The van der Waals surface area contributed by atoms with Crippen LogP contribution in [0, 0.1) is 13.8 Å². The Morgan fingerprint density at radius 1 is 0.903 bits per heavy atom. The lowest BCUT2D eigenvalue weighted by atomic mass is 9.98. The summed E-state index contributed by atoms with van der Waals surface area (Å²) in [5.74, 6) is 0.657. The largest absolute Gasteiger partial charge is 0.379 e. The van der Waals surface area contributed by atoms with Crippen LogP contribution in [0.25, 0.3) is 33.5 Å². The Labute approximate surface area is 179 Å². The third kappa shape index (κ3) is 3.73. The Morgan fingerprint density at radius 3 is 2.48 bits per heavy atom. The normalized spacial score (nSPS) is 11.0. The Balaban J connectivity index is 1.40. The summed E-state index contributed by atoms with van der Waals surface area (Å²) < 4.78 is 0. The van der Waals surface area contributed by atoms with Crippen LogP contribution >= 0.6 is 0 Å². The van der Waals surface area contributed by atoms with Crippen LogP contribution in [-0.4, -0.2) is 30.6 Å². The molecule has 0 aliphatic carbocycles. The maximum Gasteiger partial charge on any atom is 0.180 e. The van der Waals surface area contributed by atoms with E-state index in [9.17, 15) is 0 Å². The molecular formula is C24H21N7. The summed E-state index contributed by atoms with van der Waals surface area (Å²) >= 11 is 0. The molecule has 31 heavy (non-hydrogen) atoms. The molecule has 0 spiro atoms. The van der Waals surface area contributed by atoms with Gasteiger partial charge in [0, 0.05) is 24.0 Å². The summed E-state index contributed by atoms with van der Waals surface area (Å²) in [6.45, 7) is 4.77. The number of benzene rings is 2. The first-order valence-corrected chi connectivity index (χ1v) is 10.1. The first kappa shape index (κ1) is 18.9. The van der Waals surface area contributed by atoms with Crippen molar-refractivity contribution in [1.29, 1.82) is 0 Å². The summed E-state index contributed by atoms with van der Waals surface area (Å²) in [5, 5.41) is 17.8. The van der Waals surface area contributed by atoms with E-state index in [4.69, 9.17) is 0 Å². The van der Waals surface area contributed by atoms with Crippen molar-refractivity contribution >= 4 is 16.7 Å². The zero-order valence-electron chi connectivity index (χ0n) is 17.3. The van der Waals surface area contributed by atoms with Crippen molar-refractivity contribution < 1.29 is 0 Å². The van der Waals surface area contributed by atoms with E-state index in [1.54, 1.807) is 0 Å². The van der Waals surface area contributed by atoms with Crippen LogP contribution in [0.1, 0.15) is 16.8 Å². The SMILES string of the molecule is Cc1cc(NCc2ccc(-c3ccccc3-c3nnn[nH]3)cc2)c2nccc(C)c2n1. The molecule has 7 nitrogen and oxygen atoms in total. The summed E-state index contributed by atoms with van der Waals surface area (Å²) in [7, 11) is 0. The molecule has 3 heterocycles. The first-order valence-electron chi connectivity index (χ1n) is 10.1. The van der Waals surface area contributed by atoms with Gasteiger partial charge in [0.25, 0.3) is 0 Å². The highest BCUT2D eigenvalue weighted by atomic mass is 15.5. The molecule has 0 saturated carbocycles. The fourth-order valence-corrected chi connectivity index (χ4v) is 3.72. The fraction of sp³-hybridized carbons (Fsp3) is 0.125. The fourth-order valence-electron chi connectivity index (χ4n) is 3.72. The van der Waals surface area contributed by atoms with Crippen LogP contribution in [-0.2, 0) is 6.54 Å². The summed E-state index contributed by atoms with van der Waals surface area (Å²) in [6.07, 6.45) is 1.83. The zero-order chi connectivity index (χ0) is 21.2. The van der Waals surface area contributed by atoms with E-state index in [1.807, 2.05) is 43.5 Å². The molecule has 152 valence electrons. The minimum absolute atomic E-state index is 0.657. The number of hydrogen-bond donors (Lipinski definition) is 2. The van der Waals surface area contributed by atoms with Crippen LogP contribution in [0.2, 0.25) is 0 Å². The van der Waals surface area contributed by atoms with E-state index in [0.29, 0.717) is 12.4 Å². The number of tetrazole rings is 1. The standard InChI is InChI=1S/C24H21N7/c1-15-11-12-25-23-21(13-16(2)27-22(15)23)26-14-17-7-9-18(10-8-17)19-5-3-4-6-20(19)24-28-30-31-29-24/h3-13H,14H2,1-2H3,(H,26,27)(H,28,29,30,31). The van der Waals surface area contributed by atoms with Gasteiger partial charge in [-0.25, -0.2) is 5.10 Å². The maximum absolute atomic E-state index is 4.65. The van der Waals surface area contributed by atoms with Crippen LogP contribution in [0.3, 0.4) is 0 Å². The number of nitrogens with zero attached hydrogens (tertiary/aromatic N) is 5. The molecule has 0 radical (unpaired) electrons. The number of fused-ring (bicyclic) bond motifs is 1. The monoisotopic (exact) mass is 407 g/mol. The van der Waals surface area contributed by atoms with E-state index in [0.717, 1.165) is 44.7 Å². The van der Waals surface area contributed by atoms with Gasteiger partial charge in [-0.3, -0.25) is 9.97 Å². The van der Waals surface area contributed by atoms with Gasteiger partial charge in [0.05, 0.1) is 11.2 Å². The maximum atomic E-state index is 4.65. The number of hydrogen-bond acceptors (Lipinski definition) is 6. The zero-order valence-corrected chi connectivity index (χ0v) is 17.3. The van der Waals surface area contributed by atoms with Gasteiger partial charge in [-0.15, -0.1) is 5.10 Å². The minimum atomic E-state index is 0.657. The number of aromatic nitrogens is 6. The Kier molecular flexibility index (Phi) is 4.84. The number of aryl methyl sites for hydroxylation is 2. The summed E-state index contributed by atoms with van der Waals surface area (Å²) in [4.78, 5) is 9.19. The van der Waals surface area contributed by atoms with E-state index in [1.165, 1.54) is 5.56 Å². The molecule has 5 aromatic rings. The smallest absolute Gasteiger partial charge is 0.180 e. The molecule has 0 amide bonds. The Morgan fingerprint density at radius 2 is 1.71 bits per heavy atom. The number of pyridine rings is 2. The van der Waals surface area contributed by atoms with Crippen molar-refractivity contribution in [1.82, 2.24) is 30.6 Å². The van der Waals surface area contributed by atoms with Gasteiger partial charge in [-0.2, -0.15) is 0 Å². The number of rotatable bonds is 5. The van der Waals surface area contributed by atoms with E-state index >= 15 is 0 Å². The highest BCUT2D eigenvalue weighted by Gasteiger charge is 2.10. The van der Waals surface area contributed by atoms with Gasteiger partial charge >= 0.3 is 0 Å². The van der Waals surface area contributed by atoms with Gasteiger partial charge in [0.1, 0.15) is 5.52 Å². The second-order valence-corrected chi connectivity index (χ2v) is 7.48. The van der Waals surface area contributed by atoms with Crippen LogP contribution in [0.4, 0.5) is 5.69 Å². The van der Waals surface area contributed by atoms with Gasteiger partial charge in [0.15, 0.2) is 5.82 Å². The van der Waals surface area contributed by atoms with Gasteiger partial charge in [0.2, 0.25) is 0 Å². The highest BCUT2D eigenvalue weighted by Crippen LogP contribution is 2.30. The summed E-state index contributed by atoms with van der Waals surface area (Å²) in [5.41, 5.74) is 9.28. The number of anilines is 1. The topological polar surface area (TPSA) is 92.3 Å². The third-order valence-electron chi connectivity index (χ3n) is 5.30. The van der Waals surface area contributed by atoms with Crippen molar-refractivity contribution in [3.05, 3.63) is 83.7 Å². The Bertz CT molecular complexity index is 1340. The quantitative estimate of drug-likeness (QED) is 0.438. The van der Waals surface area contributed by atoms with Crippen LogP contribution in [0.5, 0.6) is 0 Å². The van der Waals surface area contributed by atoms with E-state index in [-0.39, 0.29) is 0 Å². The van der Waals surface area contributed by atoms with Gasteiger partial charge in [-0.05, 0) is 58.7 Å². The number of nitrogens with one attached hydrogen (secondary N) is 2. The van der Waals surface area contributed by atoms with Gasteiger partial charge < -0.3 is 5.32 Å². The molecule has 5 rings (SSSR count). The molecule has 2 aromatic carbocycles. The lowest BCUT2D eigenvalue weighted by Crippen LogP contribution is -2.02. The molecule has 0 aliphatic heterocycles. The molecule has 0 atom stereocenters. The van der Waals surface area contributed by atoms with Crippen LogP contribution in [0.15, 0.2) is 66.9 Å². The van der Waals surface area contributed by atoms with Crippen molar-refractivity contribution in [2.75, 3.05) is 5.32 Å². The van der Waals surface area contributed by atoms with Crippen LogP contribution < -0.4 is 5.32 Å². The first-order chi connectivity index (χ1) is 15.2. The molecule has 0 aliphatic rings. The van der Waals surface area contributed by atoms with E-state index < -0.39 is 0 Å². The molecule has 2 N–H and O–H groups in total. The van der Waals surface area contributed by atoms with Gasteiger partial charge in [-0.1, -0.05) is 48.5 Å². The lowest BCUT2D eigenvalue weighted by molar-refractivity contribution is 0.881. The molecule has 0 unspecified atom stereocenters. The molecule has 0 saturated heterocycles. The Hall–Kier alpha value is -4.13. The van der Waals surface area contributed by atoms with Crippen molar-refractivity contribution in [3.8, 4) is 22.5 Å². The van der Waals surface area contributed by atoms with Crippen molar-refractivity contribution in [2.24, 2.45) is 0 Å². The van der Waals surface area contributed by atoms with Crippen molar-refractivity contribution in [3.63, 3.8) is 0 Å². The minimum Gasteiger partial charge on any atom is -0.379 e. The highest BCUT2D eigenvalue weighted by molar-refractivity contribution is 5.89. The molecular weight excluding hydrogens is 386 g/mol. The summed E-state index contributed by atoms with van der Waals surface area (Å²) in [6, 6.07) is 20.6.